The van der Waals surface area contributed by atoms with Crippen molar-refractivity contribution >= 4 is 13.7 Å². The molecule has 0 aliphatic heterocycles. The first-order valence-electron chi connectivity index (χ1n) is 24.0. The lowest BCUT2D eigenvalue weighted by molar-refractivity contribution is -0.870. The molecule has 0 fully saturated rings. The molecule has 334 valence electrons. The maximum atomic E-state index is 12.9. The molecule has 0 saturated heterocycles. The number of nitrogens with zero attached hydrogens (tertiary/aromatic N) is 1. The van der Waals surface area contributed by atoms with Gasteiger partial charge in [-0.15, -0.1) is 0 Å². The molecule has 1 amide bonds. The number of rotatable bonds is 44. The zero-order chi connectivity index (χ0) is 41.4. The van der Waals surface area contributed by atoms with Crippen LogP contribution in [-0.4, -0.2) is 68.5 Å². The highest BCUT2D eigenvalue weighted by Crippen LogP contribution is 2.38. The van der Waals surface area contributed by atoms with E-state index in [2.05, 4.69) is 31.3 Å². The molecule has 0 saturated carbocycles. The Morgan fingerprint density at radius 2 is 0.982 bits per heavy atom. The molecule has 0 aromatic carbocycles. The molecule has 0 aromatic rings. The Bertz CT molecular complexity index is 927. The number of allylic oxidation sites excluding steroid dienone is 2. The summed E-state index contributed by atoms with van der Waals surface area (Å²) in [7, 11) is 1.31. The van der Waals surface area contributed by atoms with Crippen molar-refractivity contribution in [1.29, 1.82) is 0 Å². The Morgan fingerprint density at radius 3 is 1.41 bits per heavy atom. The second-order valence-corrected chi connectivity index (χ2v) is 19.2. The molecular formula is C47H95N2O6P. The van der Waals surface area contributed by atoms with Crippen LogP contribution < -0.4 is 10.2 Å². The van der Waals surface area contributed by atoms with Gasteiger partial charge in [0, 0.05) is 6.42 Å². The van der Waals surface area contributed by atoms with Crippen LogP contribution in [0.3, 0.4) is 0 Å². The van der Waals surface area contributed by atoms with Crippen molar-refractivity contribution in [3.8, 4) is 0 Å². The highest BCUT2D eigenvalue weighted by molar-refractivity contribution is 7.45. The number of phosphoric acid groups is 1. The van der Waals surface area contributed by atoms with Gasteiger partial charge in [-0.1, -0.05) is 199 Å². The summed E-state index contributed by atoms with van der Waals surface area (Å²) in [6, 6.07) is -0.800. The van der Waals surface area contributed by atoms with Crippen LogP contribution in [0.5, 0.6) is 0 Å². The molecule has 0 spiro atoms. The van der Waals surface area contributed by atoms with Crippen molar-refractivity contribution in [2.75, 3.05) is 40.9 Å². The van der Waals surface area contributed by atoms with Gasteiger partial charge in [-0.2, -0.15) is 0 Å². The van der Waals surface area contributed by atoms with E-state index >= 15 is 0 Å². The quantitative estimate of drug-likeness (QED) is 0.0274. The first kappa shape index (κ1) is 55.2. The van der Waals surface area contributed by atoms with E-state index < -0.39 is 20.0 Å². The number of carbonyl (C=O) groups excluding carboxylic acids is 1. The van der Waals surface area contributed by atoms with Crippen molar-refractivity contribution in [2.45, 2.75) is 244 Å². The van der Waals surface area contributed by atoms with Crippen LogP contribution in [0.2, 0.25) is 0 Å². The van der Waals surface area contributed by atoms with Gasteiger partial charge < -0.3 is 28.8 Å². The predicted molar refractivity (Wildman–Crippen MR) is 238 cm³/mol. The summed E-state index contributed by atoms with van der Waals surface area (Å²) >= 11 is 0. The fourth-order valence-electron chi connectivity index (χ4n) is 7.15. The average Bonchev–Trinajstić information content (AvgIpc) is 3.15. The number of carbonyl (C=O) groups is 1. The molecule has 3 atom stereocenters. The summed E-state index contributed by atoms with van der Waals surface area (Å²) in [5.74, 6) is -0.172. The highest BCUT2D eigenvalue weighted by Gasteiger charge is 2.24. The Morgan fingerprint density at radius 1 is 0.607 bits per heavy atom. The molecule has 56 heavy (non-hydrogen) atoms. The minimum absolute atomic E-state index is 0.0125. The minimum atomic E-state index is -4.56. The maximum absolute atomic E-state index is 12.9. The number of aliphatic hydroxyl groups is 1. The van der Waals surface area contributed by atoms with Crippen LogP contribution in [0.1, 0.15) is 232 Å². The van der Waals surface area contributed by atoms with Gasteiger partial charge in [0.25, 0.3) is 7.82 Å². The monoisotopic (exact) mass is 815 g/mol. The molecule has 0 aliphatic carbocycles. The molecule has 3 unspecified atom stereocenters. The third-order valence-electron chi connectivity index (χ3n) is 11.0. The average molecular weight is 815 g/mol. The lowest BCUT2D eigenvalue weighted by Gasteiger charge is -2.30. The van der Waals surface area contributed by atoms with E-state index in [1.807, 2.05) is 21.1 Å². The molecule has 0 bridgehead atoms. The van der Waals surface area contributed by atoms with Crippen LogP contribution in [0.15, 0.2) is 12.2 Å². The second-order valence-electron chi connectivity index (χ2n) is 17.8. The molecule has 0 aliphatic rings. The fourth-order valence-corrected chi connectivity index (χ4v) is 7.88. The summed E-state index contributed by atoms with van der Waals surface area (Å²) in [6.45, 7) is 4.72. The van der Waals surface area contributed by atoms with E-state index in [1.54, 1.807) is 0 Å². The number of hydrogen-bond donors (Lipinski definition) is 2. The normalized spacial score (nSPS) is 14.3. The number of aliphatic hydroxyl groups excluding tert-OH is 1. The van der Waals surface area contributed by atoms with Crippen LogP contribution in [0.4, 0.5) is 0 Å². The van der Waals surface area contributed by atoms with Crippen molar-refractivity contribution in [1.82, 2.24) is 5.32 Å². The highest BCUT2D eigenvalue weighted by atomic mass is 31.2. The number of phosphoric ester groups is 1. The van der Waals surface area contributed by atoms with E-state index in [4.69, 9.17) is 9.05 Å². The van der Waals surface area contributed by atoms with E-state index in [0.717, 1.165) is 51.4 Å². The first-order valence-corrected chi connectivity index (χ1v) is 25.5. The molecule has 2 N–H and O–H groups in total. The van der Waals surface area contributed by atoms with E-state index in [1.165, 1.54) is 154 Å². The van der Waals surface area contributed by atoms with E-state index in [0.29, 0.717) is 23.9 Å². The molecular weight excluding hydrogens is 719 g/mol. The Kier molecular flexibility index (Phi) is 39.1. The maximum Gasteiger partial charge on any atom is 0.268 e. The summed E-state index contributed by atoms with van der Waals surface area (Å²) < 4.78 is 23.3. The van der Waals surface area contributed by atoms with Crippen LogP contribution >= 0.6 is 7.82 Å². The van der Waals surface area contributed by atoms with Gasteiger partial charge in [0.05, 0.1) is 39.9 Å². The van der Waals surface area contributed by atoms with Gasteiger partial charge in [-0.05, 0) is 38.5 Å². The minimum Gasteiger partial charge on any atom is -0.756 e. The van der Waals surface area contributed by atoms with E-state index in [9.17, 15) is 19.4 Å². The summed E-state index contributed by atoms with van der Waals surface area (Å²) in [5.41, 5.74) is 0. The first-order chi connectivity index (χ1) is 27.0. The number of unbranched alkanes of at least 4 members (excludes halogenated alkanes) is 29. The molecule has 0 aromatic heterocycles. The van der Waals surface area contributed by atoms with Crippen molar-refractivity contribution < 1.29 is 32.9 Å². The lowest BCUT2D eigenvalue weighted by atomic mass is 10.0. The van der Waals surface area contributed by atoms with Crippen LogP contribution in [-0.2, 0) is 18.4 Å². The Balaban J connectivity index is 4.25. The van der Waals surface area contributed by atoms with Gasteiger partial charge in [0.15, 0.2) is 0 Å². The predicted octanol–water partition coefficient (Wildman–Crippen LogP) is 12.9. The third-order valence-corrected chi connectivity index (χ3v) is 12.0. The lowest BCUT2D eigenvalue weighted by Crippen LogP contribution is -2.46. The SMILES string of the molecule is CCCCCC/C=C\CCCCCCCC(=O)NC(COP(=O)([O-])OCC[N+](C)(C)C)C(O)CCCCCCCCCCCCCCCCCCCCCCC. The Hall–Kier alpha value is -0.760. The molecule has 0 rings (SSSR count). The number of likely N-dealkylation sites (N-methyl/N-ethyl adjacent to an activating group) is 1. The molecule has 9 heteroatoms. The van der Waals surface area contributed by atoms with Crippen molar-refractivity contribution in [2.24, 2.45) is 0 Å². The number of quaternary nitrogens is 1. The fraction of sp³-hybridized carbons (Fsp3) is 0.936. The zero-order valence-electron chi connectivity index (χ0n) is 37.9. The van der Waals surface area contributed by atoms with Gasteiger partial charge >= 0.3 is 0 Å². The van der Waals surface area contributed by atoms with Gasteiger partial charge in [0.1, 0.15) is 13.2 Å². The number of amides is 1. The number of hydrogen-bond acceptors (Lipinski definition) is 6. The van der Waals surface area contributed by atoms with Crippen molar-refractivity contribution in [3.05, 3.63) is 12.2 Å². The standard InChI is InChI=1S/C47H95N2O6P/c1-6-8-10-12-14-16-18-20-21-22-23-24-25-26-27-29-30-32-34-36-38-40-46(50)45(44-55-56(52,53)54-43-42-49(3,4)5)48-47(51)41-39-37-35-33-31-28-19-17-15-13-11-9-7-2/h17,19,45-46,50H,6-16,18,20-44H2,1-5H3,(H-,48,51,52,53)/b19-17-. The van der Waals surface area contributed by atoms with Crippen LogP contribution in [0, 0.1) is 0 Å². The van der Waals surface area contributed by atoms with Crippen LogP contribution in [0.25, 0.3) is 0 Å². The topological polar surface area (TPSA) is 108 Å². The second kappa shape index (κ2) is 39.7. The zero-order valence-corrected chi connectivity index (χ0v) is 38.7. The molecule has 0 heterocycles. The van der Waals surface area contributed by atoms with Crippen molar-refractivity contribution in [3.63, 3.8) is 0 Å². The van der Waals surface area contributed by atoms with Gasteiger partial charge in [-0.25, -0.2) is 0 Å². The smallest absolute Gasteiger partial charge is 0.268 e. The van der Waals surface area contributed by atoms with Gasteiger partial charge in [0.2, 0.25) is 5.91 Å². The molecule has 8 nitrogen and oxygen atoms in total. The van der Waals surface area contributed by atoms with Gasteiger partial charge in [-0.3, -0.25) is 9.36 Å². The Labute approximate surface area is 348 Å². The molecule has 0 radical (unpaired) electrons. The third kappa shape index (κ3) is 41.4. The van der Waals surface area contributed by atoms with E-state index in [-0.39, 0.29) is 19.1 Å². The number of nitrogens with one attached hydrogen (secondary N) is 1. The largest absolute Gasteiger partial charge is 0.756 e. The summed E-state index contributed by atoms with van der Waals surface area (Å²) in [4.78, 5) is 25.3. The summed E-state index contributed by atoms with van der Waals surface area (Å²) in [6.07, 6.45) is 45.0. The summed E-state index contributed by atoms with van der Waals surface area (Å²) in [5, 5.41) is 13.9.